The van der Waals surface area contributed by atoms with Crippen LogP contribution in [0.25, 0.3) is 5.69 Å². The highest BCUT2D eigenvalue weighted by Gasteiger charge is 2.17. The van der Waals surface area contributed by atoms with E-state index in [0.717, 1.165) is 29.2 Å². The Balaban J connectivity index is 1.81. The van der Waals surface area contributed by atoms with Crippen LogP contribution in [0.4, 0.5) is 8.78 Å². The number of aromatic nitrogens is 1. The fourth-order valence-corrected chi connectivity index (χ4v) is 2.83. The van der Waals surface area contributed by atoms with Crippen LogP contribution in [0, 0.1) is 25.5 Å². The van der Waals surface area contributed by atoms with E-state index in [2.05, 4.69) is 0 Å². The van der Waals surface area contributed by atoms with Crippen molar-refractivity contribution in [2.45, 2.75) is 13.8 Å². The zero-order valence-corrected chi connectivity index (χ0v) is 13.9. The molecule has 0 N–H and O–H groups in total. The molecule has 0 unspecified atom stereocenters. The van der Waals surface area contributed by atoms with Gasteiger partial charge in [-0.1, -0.05) is 18.2 Å². The van der Waals surface area contributed by atoms with Crippen LogP contribution in [0.2, 0.25) is 0 Å². The summed E-state index contributed by atoms with van der Waals surface area (Å²) in [5.74, 6) is -1.93. The van der Waals surface area contributed by atoms with Gasteiger partial charge < -0.3 is 9.30 Å². The normalized spacial score (nSPS) is 10.7. The lowest BCUT2D eigenvalue weighted by Gasteiger charge is -2.10. The van der Waals surface area contributed by atoms with Crippen LogP contribution in [-0.4, -0.2) is 17.0 Å². The fraction of sp³-hybridized carbons (Fsp3) is 0.150. The van der Waals surface area contributed by atoms with Gasteiger partial charge in [0.15, 0.2) is 18.2 Å². The third-order valence-corrected chi connectivity index (χ3v) is 4.00. The van der Waals surface area contributed by atoms with Crippen LogP contribution >= 0.6 is 0 Å². The standard InChI is InChI=1S/C20H17F2NO2/c1-13-10-17(14(2)23(13)16-6-4-3-5-7-16)19(24)12-25-20-9-8-15(21)11-18(20)22/h3-11H,12H2,1-2H3. The molecule has 0 amide bonds. The summed E-state index contributed by atoms with van der Waals surface area (Å²) in [5.41, 5.74) is 3.18. The Bertz CT molecular complexity index is 917. The van der Waals surface area contributed by atoms with Crippen LogP contribution in [0.1, 0.15) is 21.7 Å². The Kier molecular flexibility index (Phi) is 4.65. The highest BCUT2D eigenvalue weighted by Crippen LogP contribution is 2.22. The van der Waals surface area contributed by atoms with Gasteiger partial charge in [0.2, 0.25) is 5.78 Å². The van der Waals surface area contributed by atoms with Crippen molar-refractivity contribution in [2.24, 2.45) is 0 Å². The van der Waals surface area contributed by atoms with Gasteiger partial charge in [0.1, 0.15) is 5.82 Å². The highest BCUT2D eigenvalue weighted by atomic mass is 19.1. The maximum Gasteiger partial charge on any atom is 0.202 e. The largest absolute Gasteiger partial charge is 0.482 e. The summed E-state index contributed by atoms with van der Waals surface area (Å²) in [7, 11) is 0. The van der Waals surface area contributed by atoms with Gasteiger partial charge in [-0.25, -0.2) is 8.78 Å². The fourth-order valence-electron chi connectivity index (χ4n) is 2.83. The molecule has 1 aromatic heterocycles. The van der Waals surface area contributed by atoms with Crippen LogP contribution < -0.4 is 4.74 Å². The number of carbonyl (C=O) groups is 1. The Morgan fingerprint density at radius 3 is 2.44 bits per heavy atom. The van der Waals surface area contributed by atoms with E-state index in [1.807, 2.05) is 48.7 Å². The molecule has 0 aliphatic heterocycles. The number of rotatable bonds is 5. The van der Waals surface area contributed by atoms with E-state index in [9.17, 15) is 13.6 Å². The second-order valence-corrected chi connectivity index (χ2v) is 5.74. The average molecular weight is 341 g/mol. The smallest absolute Gasteiger partial charge is 0.202 e. The summed E-state index contributed by atoms with van der Waals surface area (Å²) >= 11 is 0. The minimum absolute atomic E-state index is 0.147. The van der Waals surface area contributed by atoms with Crippen LogP contribution in [0.3, 0.4) is 0 Å². The van der Waals surface area contributed by atoms with E-state index in [0.29, 0.717) is 5.56 Å². The van der Waals surface area contributed by atoms with Crippen molar-refractivity contribution < 1.29 is 18.3 Å². The summed E-state index contributed by atoms with van der Waals surface area (Å²) in [4.78, 5) is 12.5. The lowest BCUT2D eigenvalue weighted by Crippen LogP contribution is -2.13. The molecule has 3 aromatic rings. The number of ketones is 1. The molecule has 25 heavy (non-hydrogen) atoms. The molecule has 5 heteroatoms. The number of carbonyl (C=O) groups excluding carboxylic acids is 1. The number of halogens is 2. The van der Waals surface area contributed by atoms with Crippen LogP contribution in [0.5, 0.6) is 5.75 Å². The van der Waals surface area contributed by atoms with Gasteiger partial charge in [-0.15, -0.1) is 0 Å². The van der Waals surface area contributed by atoms with E-state index in [-0.39, 0.29) is 18.1 Å². The van der Waals surface area contributed by atoms with Crippen molar-refractivity contribution in [2.75, 3.05) is 6.61 Å². The van der Waals surface area contributed by atoms with E-state index in [1.165, 1.54) is 6.07 Å². The van der Waals surface area contributed by atoms with Gasteiger partial charge in [-0.3, -0.25) is 4.79 Å². The lowest BCUT2D eigenvalue weighted by molar-refractivity contribution is 0.0918. The van der Waals surface area contributed by atoms with Crippen molar-refractivity contribution in [1.82, 2.24) is 4.57 Å². The number of para-hydroxylation sites is 1. The third-order valence-electron chi connectivity index (χ3n) is 4.00. The molecule has 0 bridgehead atoms. The first-order valence-corrected chi connectivity index (χ1v) is 7.83. The number of hydrogen-bond donors (Lipinski definition) is 0. The SMILES string of the molecule is Cc1cc(C(=O)COc2ccc(F)cc2F)c(C)n1-c1ccccc1. The average Bonchev–Trinajstić information content (AvgIpc) is 2.89. The van der Waals surface area contributed by atoms with Crippen LogP contribution in [0.15, 0.2) is 54.6 Å². The Labute approximate surface area is 144 Å². The van der Waals surface area contributed by atoms with Crippen molar-refractivity contribution in [1.29, 1.82) is 0 Å². The summed E-state index contributed by atoms with van der Waals surface area (Å²) < 4.78 is 33.7. The summed E-state index contributed by atoms with van der Waals surface area (Å²) in [6.45, 7) is 3.45. The van der Waals surface area contributed by atoms with Gasteiger partial charge in [0.05, 0.1) is 0 Å². The predicted octanol–water partition coefficient (Wildman–Crippen LogP) is 4.63. The first kappa shape index (κ1) is 16.9. The Morgan fingerprint density at radius 1 is 1.04 bits per heavy atom. The van der Waals surface area contributed by atoms with E-state index in [4.69, 9.17) is 4.74 Å². The summed E-state index contributed by atoms with van der Waals surface area (Å²) in [5, 5.41) is 0. The zero-order valence-electron chi connectivity index (χ0n) is 13.9. The molecule has 3 nitrogen and oxygen atoms in total. The molecule has 0 spiro atoms. The van der Waals surface area contributed by atoms with Gasteiger partial charge >= 0.3 is 0 Å². The van der Waals surface area contributed by atoms with E-state index in [1.54, 1.807) is 6.07 Å². The Morgan fingerprint density at radius 2 is 1.76 bits per heavy atom. The first-order valence-electron chi connectivity index (χ1n) is 7.83. The number of Topliss-reactive ketones (excluding diaryl/α,β-unsaturated/α-hetero) is 1. The zero-order chi connectivity index (χ0) is 18.0. The maximum absolute atomic E-state index is 13.6. The second-order valence-electron chi connectivity index (χ2n) is 5.74. The molecule has 0 atom stereocenters. The summed E-state index contributed by atoms with van der Waals surface area (Å²) in [6, 6.07) is 14.5. The number of benzene rings is 2. The molecule has 2 aromatic carbocycles. The lowest BCUT2D eigenvalue weighted by atomic mass is 10.1. The quantitative estimate of drug-likeness (QED) is 0.633. The predicted molar refractivity (Wildman–Crippen MR) is 91.4 cm³/mol. The monoisotopic (exact) mass is 341 g/mol. The minimum Gasteiger partial charge on any atom is -0.482 e. The second kappa shape index (κ2) is 6.89. The number of ether oxygens (including phenoxy) is 1. The first-order chi connectivity index (χ1) is 12.0. The maximum atomic E-state index is 13.6. The molecule has 0 aliphatic rings. The number of hydrogen-bond acceptors (Lipinski definition) is 2. The molecule has 128 valence electrons. The minimum atomic E-state index is -0.831. The van der Waals surface area contributed by atoms with Crippen molar-refractivity contribution >= 4 is 5.78 Å². The summed E-state index contributed by atoms with van der Waals surface area (Å²) in [6.07, 6.45) is 0. The van der Waals surface area contributed by atoms with Crippen molar-refractivity contribution in [3.63, 3.8) is 0 Å². The van der Waals surface area contributed by atoms with Crippen molar-refractivity contribution in [3.05, 3.63) is 83.2 Å². The molecule has 0 saturated carbocycles. The molecule has 1 heterocycles. The molecule has 3 rings (SSSR count). The van der Waals surface area contributed by atoms with Crippen LogP contribution in [-0.2, 0) is 0 Å². The van der Waals surface area contributed by atoms with Crippen molar-refractivity contribution in [3.8, 4) is 11.4 Å². The highest BCUT2D eigenvalue weighted by molar-refractivity contribution is 5.98. The van der Waals surface area contributed by atoms with E-state index < -0.39 is 11.6 Å². The van der Waals surface area contributed by atoms with Gasteiger partial charge in [0.25, 0.3) is 0 Å². The van der Waals surface area contributed by atoms with Gasteiger partial charge in [-0.2, -0.15) is 0 Å². The molecular weight excluding hydrogens is 324 g/mol. The Hall–Kier alpha value is -2.95. The number of aryl methyl sites for hydroxylation is 1. The third kappa shape index (κ3) is 3.45. The number of nitrogens with zero attached hydrogens (tertiary/aromatic N) is 1. The van der Waals surface area contributed by atoms with E-state index >= 15 is 0 Å². The van der Waals surface area contributed by atoms with Gasteiger partial charge in [0, 0.05) is 28.7 Å². The molecule has 0 aliphatic carbocycles. The molecular formula is C20H17F2NO2. The topological polar surface area (TPSA) is 31.2 Å². The molecule has 0 fully saturated rings. The molecule has 0 saturated heterocycles. The molecule has 0 radical (unpaired) electrons. The van der Waals surface area contributed by atoms with Gasteiger partial charge in [-0.05, 0) is 44.2 Å².